The number of carbonyl (C=O) groups excluding carboxylic acids is 1. The first-order chi connectivity index (χ1) is 9.81. The highest BCUT2D eigenvalue weighted by molar-refractivity contribution is 6.42. The van der Waals surface area contributed by atoms with E-state index in [2.05, 4.69) is 15.5 Å². The van der Waals surface area contributed by atoms with Crippen molar-refractivity contribution in [3.05, 3.63) is 60.4 Å². The molecule has 1 heterocycles. The minimum Gasteiger partial charge on any atom is -0.461 e. The predicted octanol–water partition coefficient (Wildman–Crippen LogP) is 2.46. The van der Waals surface area contributed by atoms with Gasteiger partial charge >= 0.3 is 5.97 Å². The molecule has 20 heavy (non-hydrogen) atoms. The SMILES string of the molecule is CCOC(=O)/C(=N\Nc1ccccc1)c1ccccn1. The Hall–Kier alpha value is -2.69. The van der Waals surface area contributed by atoms with Gasteiger partial charge in [0.25, 0.3) is 0 Å². The molecular weight excluding hydrogens is 254 g/mol. The number of hydrogen-bond acceptors (Lipinski definition) is 5. The van der Waals surface area contributed by atoms with Crippen molar-refractivity contribution in [2.45, 2.75) is 6.92 Å². The number of carbonyl (C=O) groups is 1. The Balaban J connectivity index is 2.25. The summed E-state index contributed by atoms with van der Waals surface area (Å²) in [5, 5.41) is 4.11. The third-order valence-electron chi connectivity index (χ3n) is 2.45. The fourth-order valence-electron chi connectivity index (χ4n) is 1.54. The second-order valence-electron chi connectivity index (χ2n) is 3.87. The van der Waals surface area contributed by atoms with E-state index >= 15 is 0 Å². The fraction of sp³-hybridized carbons (Fsp3) is 0.133. The van der Waals surface area contributed by atoms with Crippen LogP contribution in [0.2, 0.25) is 0 Å². The molecule has 2 aromatic rings. The molecule has 0 aliphatic heterocycles. The molecule has 0 amide bonds. The van der Waals surface area contributed by atoms with Crippen molar-refractivity contribution in [1.82, 2.24) is 4.98 Å². The number of hydrazone groups is 1. The molecular formula is C15H15N3O2. The van der Waals surface area contributed by atoms with E-state index in [9.17, 15) is 4.79 Å². The number of pyridine rings is 1. The molecule has 0 saturated heterocycles. The lowest BCUT2D eigenvalue weighted by atomic mass is 10.2. The van der Waals surface area contributed by atoms with E-state index in [1.165, 1.54) is 0 Å². The monoisotopic (exact) mass is 269 g/mol. The number of hydrogen-bond donors (Lipinski definition) is 1. The maximum Gasteiger partial charge on any atom is 0.361 e. The van der Waals surface area contributed by atoms with Crippen LogP contribution in [0, 0.1) is 0 Å². The topological polar surface area (TPSA) is 63.6 Å². The van der Waals surface area contributed by atoms with E-state index in [0.29, 0.717) is 5.69 Å². The standard InChI is InChI=1S/C15H15N3O2/c1-2-20-15(19)14(13-10-6-7-11-16-13)18-17-12-8-4-3-5-9-12/h3-11,17H,2H2,1H3/b18-14-. The summed E-state index contributed by atoms with van der Waals surface area (Å²) in [6.07, 6.45) is 1.60. The Morgan fingerprint density at radius 2 is 1.95 bits per heavy atom. The molecule has 5 nitrogen and oxygen atoms in total. The van der Waals surface area contributed by atoms with Gasteiger partial charge in [0.15, 0.2) is 5.71 Å². The van der Waals surface area contributed by atoms with Crippen LogP contribution >= 0.6 is 0 Å². The van der Waals surface area contributed by atoms with Crippen LogP contribution in [-0.2, 0) is 9.53 Å². The van der Waals surface area contributed by atoms with Crippen molar-refractivity contribution in [3.63, 3.8) is 0 Å². The molecule has 0 aliphatic rings. The van der Waals surface area contributed by atoms with Crippen LogP contribution in [0.25, 0.3) is 0 Å². The summed E-state index contributed by atoms with van der Waals surface area (Å²) >= 11 is 0. The van der Waals surface area contributed by atoms with Gasteiger partial charge in [-0.1, -0.05) is 24.3 Å². The molecule has 0 unspecified atom stereocenters. The number of nitrogens with one attached hydrogen (secondary N) is 1. The molecule has 1 N–H and O–H groups in total. The molecule has 1 aromatic heterocycles. The molecule has 0 bridgehead atoms. The summed E-state index contributed by atoms with van der Waals surface area (Å²) in [5.41, 5.74) is 4.23. The second-order valence-corrected chi connectivity index (χ2v) is 3.87. The number of ether oxygens (including phenoxy) is 1. The summed E-state index contributed by atoms with van der Waals surface area (Å²) in [7, 11) is 0. The van der Waals surface area contributed by atoms with Gasteiger partial charge in [0, 0.05) is 6.20 Å². The number of aromatic nitrogens is 1. The maximum atomic E-state index is 11.9. The van der Waals surface area contributed by atoms with Crippen molar-refractivity contribution >= 4 is 17.4 Å². The van der Waals surface area contributed by atoms with Crippen LogP contribution in [0.3, 0.4) is 0 Å². The molecule has 0 atom stereocenters. The zero-order chi connectivity index (χ0) is 14.2. The van der Waals surface area contributed by atoms with Crippen molar-refractivity contribution < 1.29 is 9.53 Å². The van der Waals surface area contributed by atoms with E-state index in [0.717, 1.165) is 5.69 Å². The summed E-state index contributed by atoms with van der Waals surface area (Å²) in [5.74, 6) is -0.505. The smallest absolute Gasteiger partial charge is 0.361 e. The fourth-order valence-corrected chi connectivity index (χ4v) is 1.54. The maximum absolute atomic E-state index is 11.9. The number of benzene rings is 1. The first-order valence-corrected chi connectivity index (χ1v) is 6.28. The summed E-state index contributed by atoms with van der Waals surface area (Å²) < 4.78 is 5.00. The molecule has 0 saturated carbocycles. The lowest BCUT2D eigenvalue weighted by Crippen LogP contribution is -2.21. The van der Waals surface area contributed by atoms with Gasteiger partial charge < -0.3 is 4.74 Å². The number of esters is 1. The third-order valence-corrected chi connectivity index (χ3v) is 2.45. The molecule has 0 aliphatic carbocycles. The van der Waals surface area contributed by atoms with E-state index < -0.39 is 5.97 Å². The van der Waals surface area contributed by atoms with Crippen LogP contribution in [0.1, 0.15) is 12.6 Å². The number of anilines is 1. The lowest BCUT2D eigenvalue weighted by Gasteiger charge is -2.06. The van der Waals surface area contributed by atoms with Gasteiger partial charge in [-0.15, -0.1) is 0 Å². The van der Waals surface area contributed by atoms with Gasteiger partial charge in [0.1, 0.15) is 0 Å². The largest absolute Gasteiger partial charge is 0.461 e. The normalized spacial score (nSPS) is 10.9. The third kappa shape index (κ3) is 3.65. The Kier molecular flexibility index (Phi) is 4.83. The minimum absolute atomic E-state index is 0.149. The molecule has 5 heteroatoms. The Morgan fingerprint density at radius 1 is 1.20 bits per heavy atom. The second kappa shape index (κ2) is 7.04. The van der Waals surface area contributed by atoms with Crippen molar-refractivity contribution in [2.24, 2.45) is 5.10 Å². The van der Waals surface area contributed by atoms with Gasteiger partial charge in [-0.25, -0.2) is 4.79 Å². The van der Waals surface area contributed by atoms with Gasteiger partial charge in [0.2, 0.25) is 0 Å². The van der Waals surface area contributed by atoms with Gasteiger partial charge in [0.05, 0.1) is 18.0 Å². The van der Waals surface area contributed by atoms with Crippen molar-refractivity contribution in [1.29, 1.82) is 0 Å². The van der Waals surface area contributed by atoms with Crippen LogP contribution in [-0.4, -0.2) is 23.3 Å². The summed E-state index contributed by atoms with van der Waals surface area (Å²) in [6.45, 7) is 2.04. The van der Waals surface area contributed by atoms with Crippen molar-refractivity contribution in [3.8, 4) is 0 Å². The first kappa shape index (κ1) is 13.7. The predicted molar refractivity (Wildman–Crippen MR) is 77.5 cm³/mol. The van der Waals surface area contributed by atoms with Gasteiger partial charge in [-0.2, -0.15) is 5.10 Å². The van der Waals surface area contributed by atoms with Crippen LogP contribution in [0.5, 0.6) is 0 Å². The number of nitrogens with zero attached hydrogens (tertiary/aromatic N) is 2. The van der Waals surface area contributed by atoms with Gasteiger partial charge in [-0.05, 0) is 31.2 Å². The van der Waals surface area contributed by atoms with Crippen LogP contribution in [0.4, 0.5) is 5.69 Å². The average Bonchev–Trinajstić information content (AvgIpc) is 2.50. The van der Waals surface area contributed by atoms with Crippen LogP contribution < -0.4 is 5.43 Å². The van der Waals surface area contributed by atoms with Crippen molar-refractivity contribution in [2.75, 3.05) is 12.0 Å². The summed E-state index contributed by atoms with van der Waals surface area (Å²) in [6, 6.07) is 14.6. The highest BCUT2D eigenvalue weighted by Gasteiger charge is 2.16. The zero-order valence-corrected chi connectivity index (χ0v) is 11.1. The first-order valence-electron chi connectivity index (χ1n) is 6.28. The molecule has 102 valence electrons. The van der Waals surface area contributed by atoms with E-state index in [-0.39, 0.29) is 12.3 Å². The molecule has 0 spiro atoms. The number of rotatable bonds is 5. The highest BCUT2D eigenvalue weighted by Crippen LogP contribution is 2.06. The van der Waals surface area contributed by atoms with E-state index in [1.807, 2.05) is 30.3 Å². The Morgan fingerprint density at radius 3 is 2.60 bits per heavy atom. The highest BCUT2D eigenvalue weighted by atomic mass is 16.5. The molecule has 1 aromatic carbocycles. The van der Waals surface area contributed by atoms with Crippen LogP contribution in [0.15, 0.2) is 59.8 Å². The quantitative estimate of drug-likeness (QED) is 0.514. The van der Waals surface area contributed by atoms with Gasteiger partial charge in [-0.3, -0.25) is 10.4 Å². The molecule has 0 radical (unpaired) electrons. The average molecular weight is 269 g/mol. The zero-order valence-electron chi connectivity index (χ0n) is 11.1. The van der Waals surface area contributed by atoms with E-state index in [4.69, 9.17) is 4.74 Å². The molecule has 0 fully saturated rings. The Bertz CT molecular complexity index is 583. The Labute approximate surface area is 117 Å². The number of para-hydroxylation sites is 1. The molecule has 2 rings (SSSR count). The lowest BCUT2D eigenvalue weighted by molar-refractivity contribution is -0.134. The summed E-state index contributed by atoms with van der Waals surface area (Å²) in [4.78, 5) is 16.1. The minimum atomic E-state index is -0.505. The van der Waals surface area contributed by atoms with E-state index in [1.54, 1.807) is 31.3 Å².